The van der Waals surface area contributed by atoms with E-state index in [9.17, 15) is 9.59 Å². The van der Waals surface area contributed by atoms with Crippen molar-refractivity contribution in [2.24, 2.45) is 5.73 Å². The summed E-state index contributed by atoms with van der Waals surface area (Å²) >= 11 is 0. The van der Waals surface area contributed by atoms with E-state index in [1.807, 2.05) is 35.2 Å². The zero-order valence-corrected chi connectivity index (χ0v) is 9.67. The molecule has 0 atom stereocenters. The first-order chi connectivity index (χ1) is 8.66. The molecule has 0 spiro atoms. The highest BCUT2D eigenvalue weighted by Crippen LogP contribution is 2.10. The molecule has 0 aliphatic carbocycles. The topological polar surface area (TPSA) is 77.1 Å². The smallest absolute Gasteiger partial charge is 0.251 e. The van der Waals surface area contributed by atoms with Crippen LogP contribution in [0, 0.1) is 0 Å². The van der Waals surface area contributed by atoms with Crippen LogP contribution in [-0.2, 0) is 4.79 Å². The lowest BCUT2D eigenvalue weighted by Crippen LogP contribution is -2.33. The monoisotopic (exact) mass is 243 g/mol. The van der Waals surface area contributed by atoms with Crippen LogP contribution in [0.1, 0.15) is 10.4 Å². The Kier molecular flexibility index (Phi) is 3.43. The van der Waals surface area contributed by atoms with E-state index in [-0.39, 0.29) is 12.5 Å². The predicted molar refractivity (Wildman–Crippen MR) is 67.3 cm³/mol. The van der Waals surface area contributed by atoms with Gasteiger partial charge in [-0.1, -0.05) is 6.07 Å². The maximum Gasteiger partial charge on any atom is 0.251 e. The van der Waals surface area contributed by atoms with Crippen molar-refractivity contribution < 1.29 is 9.59 Å². The van der Waals surface area contributed by atoms with Gasteiger partial charge in [-0.3, -0.25) is 9.59 Å². The molecule has 2 amide bonds. The van der Waals surface area contributed by atoms with Gasteiger partial charge in [-0.25, -0.2) is 0 Å². The van der Waals surface area contributed by atoms with Crippen LogP contribution in [0.3, 0.4) is 0 Å². The highest BCUT2D eigenvalue weighted by molar-refractivity contribution is 5.96. The molecule has 18 heavy (non-hydrogen) atoms. The summed E-state index contributed by atoms with van der Waals surface area (Å²) < 4.78 is 1.89. The Balaban J connectivity index is 2.17. The van der Waals surface area contributed by atoms with Gasteiger partial charge >= 0.3 is 0 Å². The first-order valence-corrected chi connectivity index (χ1v) is 5.47. The summed E-state index contributed by atoms with van der Waals surface area (Å²) in [6, 6.07) is 10.9. The molecule has 0 radical (unpaired) electrons. The quantitative estimate of drug-likeness (QED) is 0.829. The van der Waals surface area contributed by atoms with Crippen molar-refractivity contribution in [3.8, 4) is 5.69 Å². The molecule has 3 N–H and O–H groups in total. The first kappa shape index (κ1) is 11.9. The molecule has 0 fully saturated rings. The summed E-state index contributed by atoms with van der Waals surface area (Å²) in [4.78, 5) is 22.3. The fourth-order valence-corrected chi connectivity index (χ4v) is 1.58. The van der Waals surface area contributed by atoms with Crippen LogP contribution < -0.4 is 11.1 Å². The van der Waals surface area contributed by atoms with Gasteiger partial charge in [-0.15, -0.1) is 0 Å². The van der Waals surface area contributed by atoms with E-state index in [1.165, 1.54) is 0 Å². The van der Waals surface area contributed by atoms with Gasteiger partial charge in [0.15, 0.2) is 0 Å². The lowest BCUT2D eigenvalue weighted by molar-refractivity contribution is -0.117. The third-order valence-electron chi connectivity index (χ3n) is 2.43. The molecule has 5 nitrogen and oxygen atoms in total. The summed E-state index contributed by atoms with van der Waals surface area (Å²) in [5.74, 6) is -0.882. The maximum absolute atomic E-state index is 11.7. The standard InChI is InChI=1S/C13H13N3O2/c14-12(17)9-15-13(18)10-4-3-5-11(8-10)16-6-1-2-7-16/h1-8H,9H2,(H2,14,17)(H,15,18). The molecular weight excluding hydrogens is 230 g/mol. The summed E-state index contributed by atoms with van der Waals surface area (Å²) in [6.45, 7) is -0.160. The van der Waals surface area contributed by atoms with Crippen LogP contribution in [0.2, 0.25) is 0 Å². The number of aromatic nitrogens is 1. The van der Waals surface area contributed by atoms with Crippen LogP contribution in [0.25, 0.3) is 5.69 Å². The molecule has 1 heterocycles. The molecule has 0 bridgehead atoms. The normalized spacial score (nSPS) is 10.0. The average Bonchev–Trinajstić information content (AvgIpc) is 2.90. The van der Waals surface area contributed by atoms with E-state index in [2.05, 4.69) is 5.32 Å². The highest BCUT2D eigenvalue weighted by Gasteiger charge is 2.07. The van der Waals surface area contributed by atoms with Crippen LogP contribution in [0.5, 0.6) is 0 Å². The second-order valence-electron chi connectivity index (χ2n) is 3.79. The van der Waals surface area contributed by atoms with Gasteiger partial charge in [0.25, 0.3) is 5.91 Å². The fraction of sp³-hybridized carbons (Fsp3) is 0.0769. The van der Waals surface area contributed by atoms with Gasteiger partial charge in [-0.05, 0) is 30.3 Å². The Morgan fingerprint density at radius 2 is 1.89 bits per heavy atom. The van der Waals surface area contributed by atoms with E-state index in [4.69, 9.17) is 5.73 Å². The molecule has 0 aliphatic heterocycles. The van der Waals surface area contributed by atoms with Crippen molar-refractivity contribution >= 4 is 11.8 Å². The Morgan fingerprint density at radius 1 is 1.17 bits per heavy atom. The molecule has 0 aliphatic rings. The van der Waals surface area contributed by atoms with E-state index in [1.54, 1.807) is 18.2 Å². The number of carbonyl (C=O) groups is 2. The number of nitrogens with zero attached hydrogens (tertiary/aromatic N) is 1. The van der Waals surface area contributed by atoms with Crippen molar-refractivity contribution in [1.29, 1.82) is 0 Å². The van der Waals surface area contributed by atoms with E-state index < -0.39 is 5.91 Å². The summed E-state index contributed by atoms with van der Waals surface area (Å²) in [6.07, 6.45) is 3.78. The summed E-state index contributed by atoms with van der Waals surface area (Å²) in [7, 11) is 0. The second kappa shape index (κ2) is 5.18. The molecule has 1 aromatic carbocycles. The molecule has 1 aromatic heterocycles. The number of carbonyl (C=O) groups excluding carboxylic acids is 2. The SMILES string of the molecule is NC(=O)CNC(=O)c1cccc(-n2cccc2)c1. The molecule has 2 rings (SSSR count). The molecule has 92 valence electrons. The van der Waals surface area contributed by atoms with Crippen molar-refractivity contribution in [1.82, 2.24) is 9.88 Å². The molecule has 0 saturated heterocycles. The number of hydrogen-bond donors (Lipinski definition) is 2. The van der Waals surface area contributed by atoms with Gasteiger partial charge in [0.1, 0.15) is 0 Å². The van der Waals surface area contributed by atoms with Gasteiger partial charge in [0.2, 0.25) is 5.91 Å². The largest absolute Gasteiger partial charge is 0.368 e. The number of amides is 2. The highest BCUT2D eigenvalue weighted by atomic mass is 16.2. The van der Waals surface area contributed by atoms with Crippen LogP contribution >= 0.6 is 0 Å². The third kappa shape index (κ3) is 2.76. The van der Waals surface area contributed by atoms with Crippen LogP contribution in [0.4, 0.5) is 0 Å². The van der Waals surface area contributed by atoms with Crippen LogP contribution in [-0.4, -0.2) is 22.9 Å². The van der Waals surface area contributed by atoms with Gasteiger partial charge in [0, 0.05) is 23.6 Å². The summed E-state index contributed by atoms with van der Waals surface area (Å²) in [5.41, 5.74) is 6.34. The van der Waals surface area contributed by atoms with Crippen molar-refractivity contribution in [3.05, 3.63) is 54.4 Å². The predicted octanol–water partition coefficient (Wildman–Crippen LogP) is 0.692. The third-order valence-corrected chi connectivity index (χ3v) is 2.43. The fourth-order valence-electron chi connectivity index (χ4n) is 1.58. The average molecular weight is 243 g/mol. The lowest BCUT2D eigenvalue weighted by Gasteiger charge is -2.06. The molecule has 5 heteroatoms. The maximum atomic E-state index is 11.7. The minimum absolute atomic E-state index is 0.160. The minimum Gasteiger partial charge on any atom is -0.368 e. The second-order valence-corrected chi connectivity index (χ2v) is 3.79. The molecule has 0 unspecified atom stereocenters. The Labute approximate surface area is 104 Å². The van der Waals surface area contributed by atoms with E-state index >= 15 is 0 Å². The number of nitrogens with two attached hydrogens (primary N) is 1. The number of hydrogen-bond acceptors (Lipinski definition) is 2. The van der Waals surface area contributed by atoms with Crippen LogP contribution in [0.15, 0.2) is 48.8 Å². The minimum atomic E-state index is -0.565. The first-order valence-electron chi connectivity index (χ1n) is 5.47. The Hall–Kier alpha value is -2.56. The lowest BCUT2D eigenvalue weighted by atomic mass is 10.2. The van der Waals surface area contributed by atoms with Crippen molar-refractivity contribution in [3.63, 3.8) is 0 Å². The number of rotatable bonds is 4. The summed E-state index contributed by atoms with van der Waals surface area (Å²) in [5, 5.41) is 2.45. The van der Waals surface area contributed by atoms with E-state index in [0.717, 1.165) is 5.69 Å². The van der Waals surface area contributed by atoms with Gasteiger partial charge in [0.05, 0.1) is 6.54 Å². The van der Waals surface area contributed by atoms with E-state index in [0.29, 0.717) is 5.56 Å². The van der Waals surface area contributed by atoms with Crippen molar-refractivity contribution in [2.45, 2.75) is 0 Å². The molecule has 2 aromatic rings. The van der Waals surface area contributed by atoms with Crippen molar-refractivity contribution in [2.75, 3.05) is 6.54 Å². The number of primary amides is 1. The molecule has 0 saturated carbocycles. The molecular formula is C13H13N3O2. The van der Waals surface area contributed by atoms with Gasteiger partial charge in [-0.2, -0.15) is 0 Å². The zero-order chi connectivity index (χ0) is 13.0. The number of benzene rings is 1. The Morgan fingerprint density at radius 3 is 2.56 bits per heavy atom. The zero-order valence-electron chi connectivity index (χ0n) is 9.67. The Bertz CT molecular complexity index is 561. The van der Waals surface area contributed by atoms with Gasteiger partial charge < -0.3 is 15.6 Å². The number of nitrogens with one attached hydrogen (secondary N) is 1.